The lowest BCUT2D eigenvalue weighted by atomic mass is 10.1. The van der Waals surface area contributed by atoms with Crippen LogP contribution in [0.3, 0.4) is 0 Å². The Kier molecular flexibility index (Phi) is 5.22. The van der Waals surface area contributed by atoms with E-state index in [0.29, 0.717) is 21.7 Å². The summed E-state index contributed by atoms with van der Waals surface area (Å²) in [6, 6.07) is 11.4. The molecule has 3 aromatic rings. The van der Waals surface area contributed by atoms with Crippen LogP contribution in [-0.4, -0.2) is 29.9 Å². The first-order chi connectivity index (χ1) is 11.9. The average molecular weight is 376 g/mol. The number of rotatable bonds is 6. The number of carbonyl (C=O) groups is 1. The van der Waals surface area contributed by atoms with Gasteiger partial charge in [-0.05, 0) is 43.9 Å². The molecule has 25 heavy (non-hydrogen) atoms. The number of nitrogens with zero attached hydrogens (tertiary/aromatic N) is 2. The smallest absolute Gasteiger partial charge is 0.227 e. The van der Waals surface area contributed by atoms with Crippen LogP contribution in [0.2, 0.25) is 4.34 Å². The Morgan fingerprint density at radius 1 is 1.24 bits per heavy atom. The standard InChI is InChI=1S/C18H17ClN2O3S/c1-21(2)10-11-3-5-12(6-4-11)18-20-13(9-16(22)23)17(24-18)14-7-8-15(19)25-14/h3-8H,9-10H2,1-2H3,(H,22,23)/p-1. The van der Waals surface area contributed by atoms with Crippen LogP contribution in [0.4, 0.5) is 0 Å². The van der Waals surface area contributed by atoms with Gasteiger partial charge in [0.2, 0.25) is 5.89 Å². The van der Waals surface area contributed by atoms with Crippen molar-refractivity contribution in [3.05, 3.63) is 52.0 Å². The minimum absolute atomic E-state index is 0.312. The maximum absolute atomic E-state index is 11.0. The molecule has 1 aromatic carbocycles. The number of hydrogen-bond donors (Lipinski definition) is 0. The fourth-order valence-corrected chi connectivity index (χ4v) is 3.53. The van der Waals surface area contributed by atoms with Crippen LogP contribution in [0.15, 0.2) is 40.8 Å². The number of benzene rings is 1. The van der Waals surface area contributed by atoms with Crippen LogP contribution in [0.5, 0.6) is 0 Å². The summed E-state index contributed by atoms with van der Waals surface area (Å²) >= 11 is 7.29. The molecule has 0 aliphatic rings. The van der Waals surface area contributed by atoms with Crippen molar-refractivity contribution >= 4 is 28.9 Å². The molecular formula is C18H16ClN2O3S-. The van der Waals surface area contributed by atoms with Crippen LogP contribution in [0.25, 0.3) is 22.1 Å². The Labute approximate surface area is 154 Å². The molecule has 0 saturated carbocycles. The number of aliphatic carboxylic acids is 1. The zero-order valence-electron chi connectivity index (χ0n) is 13.8. The van der Waals surface area contributed by atoms with Gasteiger partial charge >= 0.3 is 0 Å². The van der Waals surface area contributed by atoms with E-state index in [1.54, 1.807) is 12.1 Å². The molecule has 0 spiro atoms. The fourth-order valence-electron chi connectivity index (χ4n) is 2.48. The van der Waals surface area contributed by atoms with Gasteiger partial charge in [-0.25, -0.2) is 4.98 Å². The van der Waals surface area contributed by atoms with E-state index in [2.05, 4.69) is 9.88 Å². The Morgan fingerprint density at radius 2 is 1.96 bits per heavy atom. The molecule has 0 aliphatic carbocycles. The normalized spacial score (nSPS) is 11.2. The van der Waals surface area contributed by atoms with Crippen molar-refractivity contribution in [2.45, 2.75) is 13.0 Å². The third kappa shape index (κ3) is 4.28. The molecule has 5 nitrogen and oxygen atoms in total. The lowest BCUT2D eigenvalue weighted by molar-refractivity contribution is -0.304. The molecule has 0 atom stereocenters. The van der Waals surface area contributed by atoms with E-state index in [1.807, 2.05) is 38.4 Å². The second-order valence-electron chi connectivity index (χ2n) is 5.88. The van der Waals surface area contributed by atoms with Crippen LogP contribution in [0, 0.1) is 0 Å². The van der Waals surface area contributed by atoms with Crippen LogP contribution in [-0.2, 0) is 17.8 Å². The van der Waals surface area contributed by atoms with Crippen molar-refractivity contribution < 1.29 is 14.3 Å². The van der Waals surface area contributed by atoms with Gasteiger partial charge in [0.1, 0.15) is 0 Å². The molecule has 0 fully saturated rings. The highest BCUT2D eigenvalue weighted by atomic mass is 35.5. The number of halogens is 1. The van der Waals surface area contributed by atoms with Gasteiger partial charge in [-0.1, -0.05) is 23.7 Å². The highest BCUT2D eigenvalue weighted by Crippen LogP contribution is 2.36. The highest BCUT2D eigenvalue weighted by molar-refractivity contribution is 7.19. The highest BCUT2D eigenvalue weighted by Gasteiger charge is 2.18. The molecule has 0 radical (unpaired) electrons. The maximum atomic E-state index is 11.0. The predicted octanol–water partition coefficient (Wildman–Crippen LogP) is 3.08. The largest absolute Gasteiger partial charge is 0.550 e. The van der Waals surface area contributed by atoms with Crippen LogP contribution in [0.1, 0.15) is 11.3 Å². The molecular weight excluding hydrogens is 360 g/mol. The molecule has 7 heteroatoms. The van der Waals surface area contributed by atoms with Crippen LogP contribution < -0.4 is 5.11 Å². The Balaban J connectivity index is 1.96. The summed E-state index contributed by atoms with van der Waals surface area (Å²) in [6.45, 7) is 0.834. The summed E-state index contributed by atoms with van der Waals surface area (Å²) in [5, 5.41) is 11.0. The second-order valence-corrected chi connectivity index (χ2v) is 7.60. The number of carbonyl (C=O) groups excluding carboxylic acids is 1. The minimum Gasteiger partial charge on any atom is -0.550 e. The molecule has 0 bridgehead atoms. The predicted molar refractivity (Wildman–Crippen MR) is 96.4 cm³/mol. The molecule has 0 saturated heterocycles. The molecule has 0 unspecified atom stereocenters. The van der Waals surface area contributed by atoms with Crippen molar-refractivity contribution in [2.75, 3.05) is 14.1 Å². The fraction of sp³-hybridized carbons (Fsp3) is 0.222. The van der Waals surface area contributed by atoms with Gasteiger partial charge in [0.25, 0.3) is 0 Å². The van der Waals surface area contributed by atoms with E-state index >= 15 is 0 Å². The SMILES string of the molecule is CN(C)Cc1ccc(-c2nc(CC(=O)[O-])c(-c3ccc(Cl)s3)o2)cc1. The summed E-state index contributed by atoms with van der Waals surface area (Å²) in [7, 11) is 4.01. The van der Waals surface area contributed by atoms with Crippen molar-refractivity contribution in [2.24, 2.45) is 0 Å². The number of aromatic nitrogens is 1. The number of carboxylic acid groups (broad SMARTS) is 1. The van der Waals surface area contributed by atoms with E-state index in [-0.39, 0.29) is 6.42 Å². The second kappa shape index (κ2) is 7.39. The molecule has 0 N–H and O–H groups in total. The van der Waals surface area contributed by atoms with Gasteiger partial charge in [-0.3, -0.25) is 0 Å². The van der Waals surface area contributed by atoms with E-state index in [0.717, 1.165) is 17.0 Å². The Hall–Kier alpha value is -2.15. The van der Waals surface area contributed by atoms with Crippen molar-refractivity contribution in [3.63, 3.8) is 0 Å². The molecule has 130 valence electrons. The molecule has 3 rings (SSSR count). The summed E-state index contributed by atoms with van der Waals surface area (Å²) in [5.74, 6) is -0.397. The third-order valence-corrected chi connectivity index (χ3v) is 4.74. The van der Waals surface area contributed by atoms with E-state index in [9.17, 15) is 9.90 Å². The molecule has 2 aromatic heterocycles. The van der Waals surface area contributed by atoms with Crippen molar-refractivity contribution in [1.29, 1.82) is 0 Å². The number of carboxylic acids is 1. The van der Waals surface area contributed by atoms with Gasteiger partial charge < -0.3 is 19.2 Å². The third-order valence-electron chi connectivity index (χ3n) is 3.51. The van der Waals surface area contributed by atoms with Gasteiger partial charge in [0.05, 0.1) is 14.9 Å². The number of hydrogen-bond acceptors (Lipinski definition) is 6. The molecule has 2 heterocycles. The first-order valence-corrected chi connectivity index (χ1v) is 8.81. The summed E-state index contributed by atoms with van der Waals surface area (Å²) in [6.07, 6.45) is -0.312. The van der Waals surface area contributed by atoms with Gasteiger partial charge in [0.15, 0.2) is 5.76 Å². The monoisotopic (exact) mass is 375 g/mol. The zero-order valence-corrected chi connectivity index (χ0v) is 15.4. The van der Waals surface area contributed by atoms with Crippen molar-refractivity contribution in [1.82, 2.24) is 9.88 Å². The molecule has 0 aliphatic heterocycles. The molecule has 0 amide bonds. The van der Waals surface area contributed by atoms with Gasteiger partial charge in [-0.15, -0.1) is 11.3 Å². The summed E-state index contributed by atoms with van der Waals surface area (Å²) < 4.78 is 6.46. The lowest BCUT2D eigenvalue weighted by Crippen LogP contribution is -2.24. The Morgan fingerprint density at radius 3 is 2.52 bits per heavy atom. The van der Waals surface area contributed by atoms with Crippen LogP contribution >= 0.6 is 22.9 Å². The average Bonchev–Trinajstić information content (AvgIpc) is 3.13. The van der Waals surface area contributed by atoms with Gasteiger partial charge in [-0.2, -0.15) is 0 Å². The first kappa shape index (κ1) is 17.7. The maximum Gasteiger partial charge on any atom is 0.227 e. The van der Waals surface area contributed by atoms with E-state index < -0.39 is 5.97 Å². The number of thiophene rings is 1. The number of oxazole rings is 1. The topological polar surface area (TPSA) is 69.4 Å². The van der Waals surface area contributed by atoms with Gasteiger partial charge in [0, 0.05) is 24.5 Å². The summed E-state index contributed by atoms with van der Waals surface area (Å²) in [5.41, 5.74) is 2.29. The van der Waals surface area contributed by atoms with Crippen molar-refractivity contribution in [3.8, 4) is 22.1 Å². The minimum atomic E-state index is -1.20. The van der Waals surface area contributed by atoms with E-state index in [1.165, 1.54) is 16.9 Å². The zero-order chi connectivity index (χ0) is 18.0. The van der Waals surface area contributed by atoms with E-state index in [4.69, 9.17) is 16.0 Å². The first-order valence-electron chi connectivity index (χ1n) is 7.61. The quantitative estimate of drug-likeness (QED) is 0.662. The summed E-state index contributed by atoms with van der Waals surface area (Å²) in [4.78, 5) is 18.2. The lowest BCUT2D eigenvalue weighted by Gasteiger charge is -2.09. The Bertz CT molecular complexity index is 884.